The fourth-order valence-electron chi connectivity index (χ4n) is 2.53. The third-order valence-electron chi connectivity index (χ3n) is 3.69. The zero-order chi connectivity index (χ0) is 14.8. The van der Waals surface area contributed by atoms with E-state index in [2.05, 4.69) is 0 Å². The molecule has 2 aromatic rings. The molecule has 1 aliphatic heterocycles. The van der Waals surface area contributed by atoms with Crippen molar-refractivity contribution in [1.82, 2.24) is 9.47 Å². The molecule has 0 saturated carbocycles. The molecule has 1 fully saturated rings. The summed E-state index contributed by atoms with van der Waals surface area (Å²) in [4.78, 5) is 25.0. The number of aromatic carboxylic acids is 1. The molecule has 0 aliphatic carbocycles. The van der Waals surface area contributed by atoms with Crippen LogP contribution in [-0.4, -0.2) is 52.8 Å². The first-order chi connectivity index (χ1) is 10.1. The number of ether oxygens (including phenoxy) is 1. The van der Waals surface area contributed by atoms with Crippen LogP contribution in [0.5, 0.6) is 0 Å². The number of amides is 1. The maximum Gasteiger partial charge on any atom is 0.335 e. The summed E-state index contributed by atoms with van der Waals surface area (Å²) >= 11 is 0. The average molecular weight is 288 g/mol. The van der Waals surface area contributed by atoms with Crippen LogP contribution in [0.3, 0.4) is 0 Å². The highest BCUT2D eigenvalue weighted by molar-refractivity contribution is 5.94. The van der Waals surface area contributed by atoms with Crippen molar-refractivity contribution >= 4 is 22.8 Å². The maximum absolute atomic E-state index is 12.2. The van der Waals surface area contributed by atoms with Gasteiger partial charge in [0.25, 0.3) is 0 Å². The number of carboxylic acid groups (broad SMARTS) is 1. The number of carboxylic acids is 1. The van der Waals surface area contributed by atoms with E-state index in [9.17, 15) is 9.59 Å². The Kier molecular flexibility index (Phi) is 3.62. The van der Waals surface area contributed by atoms with Gasteiger partial charge in [-0.25, -0.2) is 4.79 Å². The van der Waals surface area contributed by atoms with Crippen molar-refractivity contribution in [1.29, 1.82) is 0 Å². The first-order valence-corrected chi connectivity index (χ1v) is 6.83. The van der Waals surface area contributed by atoms with Crippen molar-refractivity contribution in [2.24, 2.45) is 0 Å². The van der Waals surface area contributed by atoms with Crippen LogP contribution >= 0.6 is 0 Å². The number of fused-ring (bicyclic) bond motifs is 1. The Balaban J connectivity index is 1.80. The number of carbonyl (C=O) groups is 2. The number of aromatic nitrogens is 1. The molecular weight excluding hydrogens is 272 g/mol. The molecular formula is C15H16N2O4. The first-order valence-electron chi connectivity index (χ1n) is 6.83. The lowest BCUT2D eigenvalue weighted by molar-refractivity contribution is -0.135. The molecule has 0 unspecified atom stereocenters. The zero-order valence-electron chi connectivity index (χ0n) is 11.5. The second kappa shape index (κ2) is 5.57. The molecule has 1 N–H and O–H groups in total. The second-order valence-corrected chi connectivity index (χ2v) is 5.02. The molecule has 0 atom stereocenters. The summed E-state index contributed by atoms with van der Waals surface area (Å²) in [6, 6.07) is 6.74. The molecule has 110 valence electrons. The fraction of sp³-hybridized carbons (Fsp3) is 0.333. The molecule has 1 aliphatic rings. The van der Waals surface area contributed by atoms with E-state index in [4.69, 9.17) is 9.84 Å². The molecule has 0 spiro atoms. The van der Waals surface area contributed by atoms with E-state index in [0.717, 1.165) is 10.9 Å². The minimum atomic E-state index is -0.950. The van der Waals surface area contributed by atoms with Gasteiger partial charge in [-0.3, -0.25) is 4.79 Å². The Morgan fingerprint density at radius 1 is 1.19 bits per heavy atom. The summed E-state index contributed by atoms with van der Waals surface area (Å²) in [5, 5.41) is 9.81. The van der Waals surface area contributed by atoms with E-state index in [-0.39, 0.29) is 18.0 Å². The van der Waals surface area contributed by atoms with Gasteiger partial charge < -0.3 is 19.3 Å². The van der Waals surface area contributed by atoms with E-state index in [1.807, 2.05) is 16.8 Å². The van der Waals surface area contributed by atoms with Crippen LogP contribution in [0.15, 0.2) is 30.5 Å². The minimum absolute atomic E-state index is 0.0538. The van der Waals surface area contributed by atoms with E-state index >= 15 is 0 Å². The minimum Gasteiger partial charge on any atom is -0.478 e. The Morgan fingerprint density at radius 3 is 2.67 bits per heavy atom. The summed E-state index contributed by atoms with van der Waals surface area (Å²) in [5.41, 5.74) is 1.11. The predicted octanol–water partition coefficient (Wildman–Crippen LogP) is 1.20. The Hall–Kier alpha value is -2.34. The molecule has 3 rings (SSSR count). The van der Waals surface area contributed by atoms with Gasteiger partial charge in [0.15, 0.2) is 0 Å². The predicted molar refractivity (Wildman–Crippen MR) is 76.3 cm³/mol. The van der Waals surface area contributed by atoms with Gasteiger partial charge >= 0.3 is 5.97 Å². The van der Waals surface area contributed by atoms with E-state index < -0.39 is 5.97 Å². The van der Waals surface area contributed by atoms with E-state index in [1.54, 1.807) is 23.1 Å². The second-order valence-electron chi connectivity index (χ2n) is 5.02. The summed E-state index contributed by atoms with van der Waals surface area (Å²) in [5.74, 6) is -0.896. The standard InChI is InChI=1S/C15H16N2O4/c18-14(16-5-7-21-8-6-16)10-17-4-3-11-9-12(15(19)20)1-2-13(11)17/h1-4,9H,5-8,10H2,(H,19,20). The highest BCUT2D eigenvalue weighted by atomic mass is 16.5. The number of carbonyl (C=O) groups excluding carboxylic acids is 1. The first kappa shape index (κ1) is 13.6. The van der Waals surface area contributed by atoms with Gasteiger partial charge in [-0.1, -0.05) is 0 Å². The van der Waals surface area contributed by atoms with E-state index in [1.165, 1.54) is 0 Å². The number of benzene rings is 1. The molecule has 1 aromatic carbocycles. The number of morpholine rings is 1. The van der Waals surface area contributed by atoms with Crippen molar-refractivity contribution in [2.75, 3.05) is 26.3 Å². The molecule has 6 nitrogen and oxygen atoms in total. The van der Waals surface area contributed by atoms with Gasteiger partial charge in [0.1, 0.15) is 6.54 Å². The van der Waals surface area contributed by atoms with Crippen LogP contribution in [-0.2, 0) is 16.1 Å². The van der Waals surface area contributed by atoms with Crippen LogP contribution in [0.25, 0.3) is 10.9 Å². The molecule has 1 saturated heterocycles. The summed E-state index contributed by atoms with van der Waals surface area (Å²) in [6.07, 6.45) is 1.81. The lowest BCUT2D eigenvalue weighted by Gasteiger charge is -2.27. The van der Waals surface area contributed by atoms with Crippen molar-refractivity contribution in [2.45, 2.75) is 6.54 Å². The molecule has 0 bridgehead atoms. The average Bonchev–Trinajstić information content (AvgIpc) is 2.90. The normalized spacial score (nSPS) is 15.3. The van der Waals surface area contributed by atoms with Gasteiger partial charge in [0.05, 0.1) is 18.8 Å². The van der Waals surface area contributed by atoms with Gasteiger partial charge in [0, 0.05) is 30.2 Å². The topological polar surface area (TPSA) is 71.8 Å². The monoisotopic (exact) mass is 288 g/mol. The Morgan fingerprint density at radius 2 is 1.95 bits per heavy atom. The Bertz CT molecular complexity index is 686. The van der Waals surface area contributed by atoms with Crippen LogP contribution in [0.2, 0.25) is 0 Å². The van der Waals surface area contributed by atoms with Gasteiger partial charge in [-0.05, 0) is 24.3 Å². The van der Waals surface area contributed by atoms with E-state index in [0.29, 0.717) is 26.3 Å². The van der Waals surface area contributed by atoms with Crippen molar-refractivity contribution in [3.8, 4) is 0 Å². The van der Waals surface area contributed by atoms with Crippen molar-refractivity contribution in [3.05, 3.63) is 36.0 Å². The third-order valence-corrected chi connectivity index (χ3v) is 3.69. The highest BCUT2D eigenvalue weighted by Crippen LogP contribution is 2.18. The lowest BCUT2D eigenvalue weighted by atomic mass is 10.1. The lowest BCUT2D eigenvalue weighted by Crippen LogP contribution is -2.42. The molecule has 1 aromatic heterocycles. The summed E-state index contributed by atoms with van der Waals surface area (Å²) < 4.78 is 7.08. The number of rotatable bonds is 3. The molecule has 0 radical (unpaired) electrons. The van der Waals surface area contributed by atoms with Crippen LogP contribution in [0.1, 0.15) is 10.4 Å². The van der Waals surface area contributed by atoms with Crippen LogP contribution < -0.4 is 0 Å². The van der Waals surface area contributed by atoms with Crippen molar-refractivity contribution < 1.29 is 19.4 Å². The number of hydrogen-bond acceptors (Lipinski definition) is 3. The van der Waals surface area contributed by atoms with Gasteiger partial charge in [0.2, 0.25) is 5.91 Å². The van der Waals surface area contributed by atoms with Gasteiger partial charge in [-0.2, -0.15) is 0 Å². The largest absolute Gasteiger partial charge is 0.478 e. The van der Waals surface area contributed by atoms with Gasteiger partial charge in [-0.15, -0.1) is 0 Å². The van der Waals surface area contributed by atoms with Crippen LogP contribution in [0, 0.1) is 0 Å². The summed E-state index contributed by atoms with van der Waals surface area (Å²) in [6.45, 7) is 2.68. The summed E-state index contributed by atoms with van der Waals surface area (Å²) in [7, 11) is 0. The molecule has 6 heteroatoms. The number of hydrogen-bond donors (Lipinski definition) is 1. The Labute approximate surface area is 121 Å². The molecule has 1 amide bonds. The SMILES string of the molecule is O=C(O)c1ccc2c(ccn2CC(=O)N2CCOCC2)c1. The highest BCUT2D eigenvalue weighted by Gasteiger charge is 2.17. The quantitative estimate of drug-likeness (QED) is 0.921. The zero-order valence-corrected chi connectivity index (χ0v) is 11.5. The smallest absolute Gasteiger partial charge is 0.335 e. The maximum atomic E-state index is 12.2. The number of nitrogens with zero attached hydrogens (tertiary/aromatic N) is 2. The molecule has 21 heavy (non-hydrogen) atoms. The van der Waals surface area contributed by atoms with Crippen LogP contribution in [0.4, 0.5) is 0 Å². The molecule has 2 heterocycles. The van der Waals surface area contributed by atoms with Crippen molar-refractivity contribution in [3.63, 3.8) is 0 Å². The third kappa shape index (κ3) is 2.75. The fourth-order valence-corrected chi connectivity index (χ4v) is 2.53.